The number of aromatic nitrogens is 2. The maximum absolute atomic E-state index is 14.2. The van der Waals surface area contributed by atoms with Gasteiger partial charge in [0.05, 0.1) is 11.4 Å². The minimum atomic E-state index is -0.728. The molecule has 4 aliphatic heterocycles. The molecule has 0 aliphatic carbocycles. The van der Waals surface area contributed by atoms with Gasteiger partial charge in [0.1, 0.15) is 6.04 Å². The number of imidazole rings is 1. The number of urea groups is 1. The Bertz CT molecular complexity index is 1740. The molecule has 4 saturated heterocycles. The summed E-state index contributed by atoms with van der Waals surface area (Å²) >= 11 is 10.6. The Morgan fingerprint density at radius 1 is 0.880 bits per heavy atom. The highest BCUT2D eigenvalue weighted by Crippen LogP contribution is 2.37. The Kier molecular flexibility index (Phi) is 10.8. The van der Waals surface area contributed by atoms with Crippen molar-refractivity contribution in [2.45, 2.75) is 75.2 Å². The fourth-order valence-corrected chi connectivity index (χ4v) is 10.2. The largest absolute Gasteiger partial charge is 0.397 e. The van der Waals surface area contributed by atoms with Crippen LogP contribution >= 0.6 is 47.8 Å². The van der Waals surface area contributed by atoms with Gasteiger partial charge in [-0.3, -0.25) is 14.3 Å². The number of likely N-dealkylation sites (tertiary alicyclic amines) is 1. The zero-order chi connectivity index (χ0) is 35.1. The maximum Gasteiger partial charge on any atom is 0.326 e. The zero-order valence-corrected chi connectivity index (χ0v) is 33.1. The molecule has 0 radical (unpaired) electrons. The molecule has 1 aromatic heterocycles. The third-order valence-electron chi connectivity index (χ3n) is 11.4. The monoisotopic (exact) mass is 874 g/mol. The molecule has 0 spiro atoms. The fraction of sp³-hybridized carbons (Fsp3) is 0.528. The van der Waals surface area contributed by atoms with Crippen molar-refractivity contribution in [3.8, 4) is 11.3 Å². The SMILES string of the molecule is CN1C2CCC1CC(N1CCN(C(=O)[C@H](Cc3cc(Br)c(N)c(Br)c3)NC(=O)N3CCC(n4cc(-c5cccc(Br)c5)[nH]c4=O)CC3)CC1)C2. The summed E-state index contributed by atoms with van der Waals surface area (Å²) < 4.78 is 4.18. The number of carbonyl (C=O) groups excluding carboxylic acids is 2. The number of nitrogens with zero attached hydrogens (tertiary/aromatic N) is 5. The summed E-state index contributed by atoms with van der Waals surface area (Å²) in [6, 6.07) is 12.6. The van der Waals surface area contributed by atoms with Crippen LogP contribution in [0.1, 0.15) is 50.1 Å². The number of H-pyrrole nitrogens is 1. The number of carbonyl (C=O) groups is 2. The van der Waals surface area contributed by atoms with E-state index in [2.05, 4.69) is 74.9 Å². The molecule has 3 amide bonds. The maximum atomic E-state index is 14.2. The molecule has 2 bridgehead atoms. The molecule has 4 aliphatic rings. The number of aromatic amines is 1. The number of anilines is 1. The number of hydrogen-bond donors (Lipinski definition) is 3. The molecule has 4 fully saturated rings. The van der Waals surface area contributed by atoms with Crippen LogP contribution in [0.25, 0.3) is 11.3 Å². The van der Waals surface area contributed by atoms with Crippen LogP contribution in [0.3, 0.4) is 0 Å². The fourth-order valence-electron chi connectivity index (χ4n) is 8.47. The first-order valence-corrected chi connectivity index (χ1v) is 20.0. The van der Waals surface area contributed by atoms with Crippen LogP contribution in [0.15, 0.2) is 60.8 Å². The van der Waals surface area contributed by atoms with E-state index >= 15 is 0 Å². The van der Waals surface area contributed by atoms with Gasteiger partial charge in [0.2, 0.25) is 5.91 Å². The van der Waals surface area contributed by atoms with Crippen molar-refractivity contribution in [1.82, 2.24) is 34.5 Å². The number of nitrogens with two attached hydrogens (primary N) is 1. The predicted molar refractivity (Wildman–Crippen MR) is 206 cm³/mol. The van der Waals surface area contributed by atoms with Crippen LogP contribution in [0.4, 0.5) is 10.5 Å². The van der Waals surface area contributed by atoms with Crippen LogP contribution in [0.2, 0.25) is 0 Å². The second kappa shape index (κ2) is 15.1. The highest BCUT2D eigenvalue weighted by molar-refractivity contribution is 9.11. The molecule has 3 aromatic rings. The van der Waals surface area contributed by atoms with Gasteiger partial charge in [-0.25, -0.2) is 9.59 Å². The Hall–Kier alpha value is -2.65. The van der Waals surface area contributed by atoms with Gasteiger partial charge in [0.25, 0.3) is 0 Å². The van der Waals surface area contributed by atoms with Gasteiger partial charge in [-0.15, -0.1) is 0 Å². The van der Waals surface area contributed by atoms with E-state index in [1.54, 1.807) is 9.47 Å². The minimum absolute atomic E-state index is 0.0262. The second-order valence-electron chi connectivity index (χ2n) is 14.3. The van der Waals surface area contributed by atoms with Gasteiger partial charge in [0, 0.05) is 95.0 Å². The van der Waals surface area contributed by atoms with Crippen LogP contribution in [0.5, 0.6) is 0 Å². The molecule has 4 N–H and O–H groups in total. The molecular formula is C36H45Br3N8O3. The molecule has 2 aromatic carbocycles. The molecule has 0 saturated carbocycles. The number of nitrogen functional groups attached to an aromatic ring is 1. The molecule has 268 valence electrons. The Morgan fingerprint density at radius 3 is 2.18 bits per heavy atom. The summed E-state index contributed by atoms with van der Waals surface area (Å²) in [6.45, 7) is 3.99. The van der Waals surface area contributed by atoms with E-state index in [9.17, 15) is 14.4 Å². The van der Waals surface area contributed by atoms with Crippen molar-refractivity contribution in [2.24, 2.45) is 0 Å². The van der Waals surface area contributed by atoms with E-state index in [0.29, 0.717) is 69.3 Å². The summed E-state index contributed by atoms with van der Waals surface area (Å²) in [5.74, 6) is -0.0562. The Morgan fingerprint density at radius 2 is 1.54 bits per heavy atom. The van der Waals surface area contributed by atoms with Crippen molar-refractivity contribution < 1.29 is 9.59 Å². The van der Waals surface area contributed by atoms with Gasteiger partial charge in [-0.1, -0.05) is 28.1 Å². The van der Waals surface area contributed by atoms with E-state index < -0.39 is 6.04 Å². The van der Waals surface area contributed by atoms with Crippen molar-refractivity contribution in [3.63, 3.8) is 0 Å². The number of benzene rings is 2. The molecule has 50 heavy (non-hydrogen) atoms. The number of halogens is 3. The first-order chi connectivity index (χ1) is 24.0. The number of piperazine rings is 1. The predicted octanol–water partition coefficient (Wildman–Crippen LogP) is 5.44. The highest BCUT2D eigenvalue weighted by atomic mass is 79.9. The average molecular weight is 878 g/mol. The van der Waals surface area contributed by atoms with Gasteiger partial charge in [-0.2, -0.15) is 0 Å². The minimum Gasteiger partial charge on any atom is -0.397 e. The summed E-state index contributed by atoms with van der Waals surface area (Å²) in [6.07, 6.45) is 8.51. The van der Waals surface area contributed by atoms with E-state index in [1.165, 1.54) is 25.7 Å². The first kappa shape index (κ1) is 35.7. The summed E-state index contributed by atoms with van der Waals surface area (Å²) in [4.78, 5) is 52.7. The Labute approximate surface area is 318 Å². The molecule has 14 heteroatoms. The molecule has 7 rings (SSSR count). The van der Waals surface area contributed by atoms with Crippen LogP contribution in [-0.4, -0.2) is 112 Å². The van der Waals surface area contributed by atoms with Gasteiger partial charge >= 0.3 is 11.7 Å². The number of amides is 3. The normalized spacial score (nSPS) is 24.0. The molecule has 2 unspecified atom stereocenters. The quantitative estimate of drug-likeness (QED) is 0.272. The smallest absolute Gasteiger partial charge is 0.326 e. The Balaban J connectivity index is 0.998. The lowest BCUT2D eigenvalue weighted by molar-refractivity contribution is -0.135. The molecule has 3 atom stereocenters. The number of nitrogens with one attached hydrogen (secondary N) is 2. The topological polar surface area (TPSA) is 123 Å². The summed E-state index contributed by atoms with van der Waals surface area (Å²) in [5, 5.41) is 3.12. The van der Waals surface area contributed by atoms with Crippen molar-refractivity contribution in [1.29, 1.82) is 0 Å². The van der Waals surface area contributed by atoms with E-state index in [1.807, 2.05) is 47.5 Å². The van der Waals surface area contributed by atoms with Gasteiger partial charge in [-0.05, 0) is 107 Å². The van der Waals surface area contributed by atoms with Gasteiger partial charge in [0.15, 0.2) is 0 Å². The third kappa shape index (κ3) is 7.60. The second-order valence-corrected chi connectivity index (χ2v) is 16.9. The number of hydrogen-bond acceptors (Lipinski definition) is 6. The lowest BCUT2D eigenvalue weighted by Gasteiger charge is -2.45. The van der Waals surface area contributed by atoms with E-state index in [4.69, 9.17) is 5.73 Å². The number of fused-ring (bicyclic) bond motifs is 2. The molecule has 5 heterocycles. The number of piperidine rings is 2. The lowest BCUT2D eigenvalue weighted by atomic mass is 9.96. The lowest BCUT2D eigenvalue weighted by Crippen LogP contribution is -2.59. The average Bonchev–Trinajstić information content (AvgIpc) is 3.58. The highest BCUT2D eigenvalue weighted by Gasteiger charge is 2.41. The number of rotatable bonds is 7. The standard InChI is InChI=1S/C36H45Br3N8O3/c1-43-26-5-6-27(43)20-28(19-26)44-11-13-45(14-12-44)34(48)31(17-22-15-29(38)33(40)30(39)16-22)41-35(49)46-9-7-25(8-10-46)47-21-32(42-36(47)50)23-3-2-4-24(37)18-23/h2-4,15-16,18,21,25-28,31H,5-14,17,19-20,40H2,1H3,(H,41,49)(H,42,50)/t26?,27?,28?,31-/m0/s1. The van der Waals surface area contributed by atoms with Crippen LogP contribution < -0.4 is 16.7 Å². The zero-order valence-electron chi connectivity index (χ0n) is 28.3. The van der Waals surface area contributed by atoms with Crippen molar-refractivity contribution >= 4 is 65.4 Å². The van der Waals surface area contributed by atoms with Gasteiger partial charge < -0.3 is 30.7 Å². The van der Waals surface area contributed by atoms with Crippen LogP contribution in [0, 0.1) is 0 Å². The van der Waals surface area contributed by atoms with Crippen molar-refractivity contribution in [3.05, 3.63) is 72.1 Å². The third-order valence-corrected chi connectivity index (χ3v) is 13.2. The molecule has 11 nitrogen and oxygen atoms in total. The van der Waals surface area contributed by atoms with E-state index in [-0.39, 0.29) is 23.7 Å². The van der Waals surface area contributed by atoms with Crippen molar-refractivity contribution in [2.75, 3.05) is 52.0 Å². The summed E-state index contributed by atoms with van der Waals surface area (Å²) in [5.41, 5.74) is 9.18. The van der Waals surface area contributed by atoms with E-state index in [0.717, 1.165) is 43.3 Å². The summed E-state index contributed by atoms with van der Waals surface area (Å²) in [7, 11) is 2.27. The molecular weight excluding hydrogens is 832 g/mol. The van der Waals surface area contributed by atoms with Crippen LogP contribution in [-0.2, 0) is 11.2 Å². The first-order valence-electron chi connectivity index (χ1n) is 17.6.